The van der Waals surface area contributed by atoms with E-state index in [1.165, 1.54) is 10.9 Å². The highest BCUT2D eigenvalue weighted by Gasteiger charge is 2.40. The molecule has 0 spiro atoms. The second-order valence-electron chi connectivity index (χ2n) is 5.12. The van der Waals surface area contributed by atoms with Crippen molar-refractivity contribution in [1.29, 1.82) is 0 Å². The summed E-state index contributed by atoms with van der Waals surface area (Å²) in [6.45, 7) is 2.15. The summed E-state index contributed by atoms with van der Waals surface area (Å²) in [4.78, 5) is 11.1. The zero-order valence-electron chi connectivity index (χ0n) is 10.8. The molecule has 6 heteroatoms. The minimum atomic E-state index is -4.83. The van der Waals surface area contributed by atoms with E-state index >= 15 is 0 Å². The van der Waals surface area contributed by atoms with E-state index in [1.54, 1.807) is 0 Å². The summed E-state index contributed by atoms with van der Waals surface area (Å²) in [5.41, 5.74) is -0.370. The van der Waals surface area contributed by atoms with E-state index in [1.807, 2.05) is 0 Å². The van der Waals surface area contributed by atoms with Crippen molar-refractivity contribution >= 4 is 5.78 Å². The van der Waals surface area contributed by atoms with E-state index in [9.17, 15) is 18.0 Å². The van der Waals surface area contributed by atoms with Crippen LogP contribution in [0, 0.1) is 5.92 Å². The minimum Gasteiger partial charge on any atom is -0.284 e. The molecule has 0 amide bonds. The van der Waals surface area contributed by atoms with Crippen LogP contribution < -0.4 is 0 Å². The maximum Gasteiger partial charge on any atom is 0.454 e. The average molecular weight is 274 g/mol. The maximum absolute atomic E-state index is 12.3. The van der Waals surface area contributed by atoms with Crippen molar-refractivity contribution in [1.82, 2.24) is 9.78 Å². The van der Waals surface area contributed by atoms with Crippen molar-refractivity contribution in [2.45, 2.75) is 51.2 Å². The lowest BCUT2D eigenvalue weighted by molar-refractivity contribution is -0.0885. The molecule has 1 fully saturated rings. The average Bonchev–Trinajstić information content (AvgIpc) is 2.86. The molecule has 0 N–H and O–H groups in total. The molecule has 0 saturated heterocycles. The lowest BCUT2D eigenvalue weighted by Gasteiger charge is -2.27. The highest BCUT2D eigenvalue weighted by molar-refractivity contribution is 5.99. The molecular weight excluding hydrogens is 257 g/mol. The van der Waals surface area contributed by atoms with Crippen LogP contribution in [0.2, 0.25) is 0 Å². The number of carbonyl (C=O) groups is 1. The molecule has 1 saturated carbocycles. The van der Waals surface area contributed by atoms with Gasteiger partial charge in [0.1, 0.15) is 0 Å². The molecular formula is C13H17F3N2O. The highest BCUT2D eigenvalue weighted by Crippen LogP contribution is 2.33. The van der Waals surface area contributed by atoms with Gasteiger partial charge in [-0.25, -0.2) is 0 Å². The normalized spacial score (nSPS) is 24.4. The molecule has 1 aromatic rings. The third-order valence-corrected chi connectivity index (χ3v) is 3.89. The zero-order chi connectivity index (χ0) is 14.0. The molecule has 1 aromatic heterocycles. The number of Topliss-reactive ketones (excluding diaryl/α,β-unsaturated/α-hetero) is 1. The Morgan fingerprint density at radius 1 is 1.37 bits per heavy atom. The van der Waals surface area contributed by atoms with Crippen LogP contribution in [-0.4, -0.2) is 21.7 Å². The predicted octanol–water partition coefficient (Wildman–Crippen LogP) is 3.77. The van der Waals surface area contributed by atoms with Gasteiger partial charge in [-0.1, -0.05) is 13.3 Å². The fourth-order valence-electron chi connectivity index (χ4n) is 2.64. The summed E-state index contributed by atoms with van der Waals surface area (Å²) < 4.78 is 38.4. The van der Waals surface area contributed by atoms with Crippen molar-refractivity contribution in [3.63, 3.8) is 0 Å². The molecule has 0 aliphatic heterocycles. The van der Waals surface area contributed by atoms with E-state index in [2.05, 4.69) is 12.0 Å². The van der Waals surface area contributed by atoms with Crippen LogP contribution in [0.25, 0.3) is 0 Å². The molecule has 0 aromatic carbocycles. The number of hydrogen-bond donors (Lipinski definition) is 0. The first-order valence-corrected chi connectivity index (χ1v) is 6.57. The second-order valence-corrected chi connectivity index (χ2v) is 5.12. The Hall–Kier alpha value is -1.33. The number of carbonyl (C=O) groups excluding carboxylic acids is 1. The number of alkyl halides is 3. The quantitative estimate of drug-likeness (QED) is 0.786. The van der Waals surface area contributed by atoms with Gasteiger partial charge < -0.3 is 0 Å². The van der Waals surface area contributed by atoms with Gasteiger partial charge in [0.2, 0.25) is 0 Å². The first-order chi connectivity index (χ1) is 8.91. The zero-order valence-corrected chi connectivity index (χ0v) is 10.8. The lowest BCUT2D eigenvalue weighted by atomic mass is 9.85. The van der Waals surface area contributed by atoms with Crippen LogP contribution in [0.1, 0.15) is 55.4 Å². The van der Waals surface area contributed by atoms with Crippen molar-refractivity contribution in [3.8, 4) is 0 Å². The third-order valence-electron chi connectivity index (χ3n) is 3.89. The molecule has 2 rings (SSSR count). The van der Waals surface area contributed by atoms with Crippen LogP contribution in [0.3, 0.4) is 0 Å². The first-order valence-electron chi connectivity index (χ1n) is 6.57. The van der Waals surface area contributed by atoms with Gasteiger partial charge in [0.15, 0.2) is 0 Å². The Morgan fingerprint density at radius 2 is 2.00 bits per heavy atom. The molecule has 1 aliphatic carbocycles. The van der Waals surface area contributed by atoms with Gasteiger partial charge in [0.05, 0.1) is 17.8 Å². The van der Waals surface area contributed by atoms with Crippen molar-refractivity contribution < 1.29 is 18.0 Å². The molecule has 0 radical (unpaired) electrons. The van der Waals surface area contributed by atoms with E-state index < -0.39 is 12.0 Å². The maximum atomic E-state index is 12.3. The van der Waals surface area contributed by atoms with E-state index in [-0.39, 0.29) is 11.6 Å². The van der Waals surface area contributed by atoms with Crippen molar-refractivity contribution in [2.75, 3.05) is 0 Å². The minimum absolute atomic E-state index is 0.123. The third kappa shape index (κ3) is 3.16. The summed E-state index contributed by atoms with van der Waals surface area (Å²) in [6, 6.07) is 0.123. The second kappa shape index (κ2) is 5.35. The molecule has 1 aliphatic rings. The molecule has 106 valence electrons. The molecule has 0 atom stereocenters. The van der Waals surface area contributed by atoms with Crippen LogP contribution in [0.4, 0.5) is 13.2 Å². The number of aromatic nitrogens is 2. The molecule has 19 heavy (non-hydrogen) atoms. The number of hydrogen-bond acceptors (Lipinski definition) is 2. The fraction of sp³-hybridized carbons (Fsp3) is 0.692. The van der Waals surface area contributed by atoms with Crippen LogP contribution in [0.15, 0.2) is 12.4 Å². The van der Waals surface area contributed by atoms with Crippen molar-refractivity contribution in [2.24, 2.45) is 5.92 Å². The van der Waals surface area contributed by atoms with Gasteiger partial charge in [-0.15, -0.1) is 0 Å². The Morgan fingerprint density at radius 3 is 2.53 bits per heavy atom. The van der Waals surface area contributed by atoms with E-state index in [0.717, 1.165) is 38.3 Å². The van der Waals surface area contributed by atoms with E-state index in [4.69, 9.17) is 0 Å². The van der Waals surface area contributed by atoms with Crippen LogP contribution >= 0.6 is 0 Å². The standard InChI is InChI=1S/C13H17F3N2O/c1-2-9-3-5-11(6-4-9)18-8-10(7-17-18)12(19)13(14,15)16/h7-9,11H,2-6H2,1H3. The molecule has 1 heterocycles. The molecule has 3 nitrogen and oxygen atoms in total. The monoisotopic (exact) mass is 274 g/mol. The van der Waals surface area contributed by atoms with Gasteiger partial charge in [0.25, 0.3) is 5.78 Å². The van der Waals surface area contributed by atoms with Gasteiger partial charge in [-0.05, 0) is 31.6 Å². The number of rotatable bonds is 3. The summed E-state index contributed by atoms with van der Waals surface area (Å²) in [5.74, 6) is -1.11. The summed E-state index contributed by atoms with van der Waals surface area (Å²) in [5, 5.41) is 3.92. The topological polar surface area (TPSA) is 34.9 Å². The highest BCUT2D eigenvalue weighted by atomic mass is 19.4. The Labute approximate surface area is 109 Å². The van der Waals surface area contributed by atoms with Crippen molar-refractivity contribution in [3.05, 3.63) is 18.0 Å². The number of nitrogens with zero attached hydrogens (tertiary/aromatic N) is 2. The lowest BCUT2D eigenvalue weighted by Crippen LogP contribution is -2.22. The summed E-state index contributed by atoms with van der Waals surface area (Å²) in [7, 11) is 0. The van der Waals surface area contributed by atoms with Crippen LogP contribution in [0.5, 0.6) is 0 Å². The van der Waals surface area contributed by atoms with Gasteiger partial charge in [-0.3, -0.25) is 9.48 Å². The Balaban J connectivity index is 2.04. The van der Waals surface area contributed by atoms with Gasteiger partial charge in [0, 0.05) is 6.20 Å². The molecule has 0 unspecified atom stereocenters. The Bertz CT molecular complexity index is 445. The Kier molecular flexibility index (Phi) is 3.96. The van der Waals surface area contributed by atoms with E-state index in [0.29, 0.717) is 5.92 Å². The predicted molar refractivity (Wildman–Crippen MR) is 63.9 cm³/mol. The summed E-state index contributed by atoms with van der Waals surface area (Å²) in [6.07, 6.45) is 2.54. The smallest absolute Gasteiger partial charge is 0.284 e. The molecule has 0 bridgehead atoms. The van der Waals surface area contributed by atoms with Crippen LogP contribution in [-0.2, 0) is 0 Å². The van der Waals surface area contributed by atoms with Gasteiger partial charge in [-0.2, -0.15) is 18.3 Å². The number of halogens is 3. The largest absolute Gasteiger partial charge is 0.454 e. The summed E-state index contributed by atoms with van der Waals surface area (Å²) >= 11 is 0. The first kappa shape index (κ1) is 14.1. The number of ketones is 1. The SMILES string of the molecule is CCC1CCC(n2cc(C(=O)C(F)(F)F)cn2)CC1. The fourth-order valence-corrected chi connectivity index (χ4v) is 2.64. The van der Waals surface area contributed by atoms with Gasteiger partial charge >= 0.3 is 6.18 Å².